The van der Waals surface area contributed by atoms with Gasteiger partial charge in [0, 0.05) is 24.5 Å². The molecular formula is C21H23ClFN3O2. The van der Waals surface area contributed by atoms with Gasteiger partial charge in [0.2, 0.25) is 5.91 Å². The van der Waals surface area contributed by atoms with Crippen molar-refractivity contribution in [2.45, 2.75) is 18.9 Å². The average molecular weight is 404 g/mol. The fourth-order valence-corrected chi connectivity index (χ4v) is 3.59. The van der Waals surface area contributed by atoms with E-state index >= 15 is 0 Å². The summed E-state index contributed by atoms with van der Waals surface area (Å²) in [5.41, 5.74) is 1.70. The highest BCUT2D eigenvalue weighted by atomic mass is 35.5. The molecule has 1 fully saturated rings. The number of halogens is 2. The van der Waals surface area contributed by atoms with Crippen molar-refractivity contribution in [1.29, 1.82) is 0 Å². The monoisotopic (exact) mass is 403 g/mol. The molecule has 2 aromatic rings. The highest BCUT2D eigenvalue weighted by Crippen LogP contribution is 2.29. The van der Waals surface area contributed by atoms with Gasteiger partial charge in [-0.05, 0) is 56.4 Å². The predicted octanol–water partition coefficient (Wildman–Crippen LogP) is 3.64. The fourth-order valence-electron chi connectivity index (χ4n) is 3.42. The predicted molar refractivity (Wildman–Crippen MR) is 108 cm³/mol. The lowest BCUT2D eigenvalue weighted by Gasteiger charge is -2.26. The maximum atomic E-state index is 13.6. The zero-order valence-corrected chi connectivity index (χ0v) is 16.7. The van der Waals surface area contributed by atoms with E-state index in [1.807, 2.05) is 25.1 Å². The van der Waals surface area contributed by atoms with E-state index in [0.717, 1.165) is 12.0 Å². The lowest BCUT2D eigenvalue weighted by Crippen LogP contribution is -2.35. The average Bonchev–Trinajstić information content (AvgIpc) is 3.07. The molecule has 1 aliphatic rings. The van der Waals surface area contributed by atoms with Crippen LogP contribution in [0.25, 0.3) is 0 Å². The number of nitrogens with zero attached hydrogens (tertiary/aromatic N) is 2. The van der Waals surface area contributed by atoms with Crippen molar-refractivity contribution in [3.63, 3.8) is 0 Å². The largest absolute Gasteiger partial charge is 0.350 e. The Hall–Kier alpha value is -2.44. The minimum Gasteiger partial charge on any atom is -0.350 e. The fraction of sp³-hybridized carbons (Fsp3) is 0.333. The van der Waals surface area contributed by atoms with Crippen molar-refractivity contribution >= 4 is 29.1 Å². The summed E-state index contributed by atoms with van der Waals surface area (Å²) < 4.78 is 13.6. The van der Waals surface area contributed by atoms with Gasteiger partial charge in [0.15, 0.2) is 0 Å². The van der Waals surface area contributed by atoms with E-state index < -0.39 is 0 Å². The number of nitrogens with one attached hydrogen (secondary N) is 1. The van der Waals surface area contributed by atoms with E-state index in [9.17, 15) is 14.0 Å². The maximum absolute atomic E-state index is 13.6. The van der Waals surface area contributed by atoms with Crippen LogP contribution in [0, 0.1) is 5.82 Å². The molecular weight excluding hydrogens is 381 g/mol. The van der Waals surface area contributed by atoms with Crippen molar-refractivity contribution in [3.8, 4) is 0 Å². The number of hydrogen-bond acceptors (Lipinski definition) is 3. The third-order valence-electron chi connectivity index (χ3n) is 4.88. The second-order valence-corrected chi connectivity index (χ2v) is 7.49. The minimum absolute atomic E-state index is 0.0118. The Morgan fingerprint density at radius 2 is 2.07 bits per heavy atom. The molecule has 1 atom stereocenters. The van der Waals surface area contributed by atoms with Gasteiger partial charge >= 0.3 is 0 Å². The molecule has 1 unspecified atom stereocenters. The number of hydrogen-bond donors (Lipinski definition) is 1. The number of anilines is 1. The van der Waals surface area contributed by atoms with Gasteiger partial charge < -0.3 is 15.1 Å². The van der Waals surface area contributed by atoms with Gasteiger partial charge in [-0.3, -0.25) is 9.59 Å². The molecule has 0 bridgehead atoms. The molecule has 0 aliphatic carbocycles. The van der Waals surface area contributed by atoms with Crippen LogP contribution in [0.15, 0.2) is 42.5 Å². The van der Waals surface area contributed by atoms with Crippen LogP contribution in [-0.4, -0.2) is 43.9 Å². The van der Waals surface area contributed by atoms with Crippen LogP contribution in [0.1, 0.15) is 34.8 Å². The number of amides is 2. The Kier molecular flexibility index (Phi) is 6.31. The minimum atomic E-state index is -0.316. The summed E-state index contributed by atoms with van der Waals surface area (Å²) in [6.07, 6.45) is 1.23. The molecule has 0 saturated carbocycles. The summed E-state index contributed by atoms with van der Waals surface area (Å²) in [7, 11) is 3.75. The van der Waals surface area contributed by atoms with Crippen LogP contribution in [-0.2, 0) is 4.79 Å². The molecule has 28 heavy (non-hydrogen) atoms. The van der Waals surface area contributed by atoms with E-state index in [1.165, 1.54) is 12.1 Å². The van der Waals surface area contributed by atoms with Crippen LogP contribution >= 0.6 is 11.6 Å². The first-order valence-corrected chi connectivity index (χ1v) is 9.54. The third-order valence-corrected chi connectivity index (χ3v) is 5.12. The van der Waals surface area contributed by atoms with Gasteiger partial charge in [-0.25, -0.2) is 4.39 Å². The molecule has 1 N–H and O–H groups in total. The Labute approximate surface area is 169 Å². The van der Waals surface area contributed by atoms with Gasteiger partial charge in [-0.1, -0.05) is 23.7 Å². The third kappa shape index (κ3) is 4.51. The highest BCUT2D eigenvalue weighted by molar-refractivity contribution is 6.31. The van der Waals surface area contributed by atoms with Crippen LogP contribution in [0.2, 0.25) is 5.02 Å². The van der Waals surface area contributed by atoms with Crippen molar-refractivity contribution in [1.82, 2.24) is 10.2 Å². The summed E-state index contributed by atoms with van der Waals surface area (Å²) >= 11 is 6.10. The van der Waals surface area contributed by atoms with Crippen LogP contribution in [0.3, 0.4) is 0 Å². The zero-order chi connectivity index (χ0) is 20.3. The molecule has 5 nitrogen and oxygen atoms in total. The van der Waals surface area contributed by atoms with E-state index in [1.54, 1.807) is 29.2 Å². The number of likely N-dealkylation sites (N-methyl/N-ethyl adjacent to an activating group) is 1. The molecule has 1 aliphatic heterocycles. The Balaban J connectivity index is 1.80. The van der Waals surface area contributed by atoms with Gasteiger partial charge in [-0.2, -0.15) is 0 Å². The molecule has 1 saturated heterocycles. The number of rotatable bonds is 6. The molecule has 1 heterocycles. The Morgan fingerprint density at radius 1 is 1.29 bits per heavy atom. The van der Waals surface area contributed by atoms with E-state index in [0.29, 0.717) is 35.8 Å². The first kappa shape index (κ1) is 20.3. The lowest BCUT2D eigenvalue weighted by molar-refractivity contribution is -0.117. The lowest BCUT2D eigenvalue weighted by atomic mass is 10.1. The van der Waals surface area contributed by atoms with E-state index in [-0.39, 0.29) is 23.7 Å². The van der Waals surface area contributed by atoms with Crippen LogP contribution < -0.4 is 10.2 Å². The molecule has 3 rings (SSSR count). The highest BCUT2D eigenvalue weighted by Gasteiger charge is 2.26. The van der Waals surface area contributed by atoms with E-state index in [2.05, 4.69) is 5.32 Å². The van der Waals surface area contributed by atoms with Gasteiger partial charge in [-0.15, -0.1) is 0 Å². The second kappa shape index (κ2) is 8.71. The second-order valence-electron chi connectivity index (χ2n) is 7.05. The van der Waals surface area contributed by atoms with Crippen molar-refractivity contribution in [2.75, 3.05) is 32.1 Å². The van der Waals surface area contributed by atoms with Crippen LogP contribution in [0.5, 0.6) is 0 Å². The van der Waals surface area contributed by atoms with E-state index in [4.69, 9.17) is 11.6 Å². The van der Waals surface area contributed by atoms with Crippen molar-refractivity contribution < 1.29 is 14.0 Å². The number of carbonyl (C=O) groups excluding carboxylic acids is 2. The van der Waals surface area contributed by atoms with Gasteiger partial charge in [0.25, 0.3) is 5.91 Å². The first-order valence-electron chi connectivity index (χ1n) is 9.17. The molecule has 148 valence electrons. The summed E-state index contributed by atoms with van der Waals surface area (Å²) in [5, 5.41) is 3.38. The topological polar surface area (TPSA) is 52.7 Å². The van der Waals surface area contributed by atoms with Crippen molar-refractivity contribution in [2.24, 2.45) is 0 Å². The smallest absolute Gasteiger partial charge is 0.253 e. The first-order chi connectivity index (χ1) is 13.4. The molecule has 2 aromatic carbocycles. The molecule has 0 aromatic heterocycles. The quantitative estimate of drug-likeness (QED) is 0.801. The normalized spacial score (nSPS) is 15.2. The molecule has 0 radical (unpaired) electrons. The molecule has 2 amide bonds. The zero-order valence-electron chi connectivity index (χ0n) is 15.9. The van der Waals surface area contributed by atoms with Crippen molar-refractivity contribution in [3.05, 3.63) is 64.4 Å². The summed E-state index contributed by atoms with van der Waals surface area (Å²) in [6, 6.07) is 11.1. The van der Waals surface area contributed by atoms with Gasteiger partial charge in [0.1, 0.15) is 5.82 Å². The summed E-state index contributed by atoms with van der Waals surface area (Å²) in [5.74, 6) is -0.625. The van der Waals surface area contributed by atoms with Crippen LogP contribution in [0.4, 0.5) is 10.1 Å². The standard InChI is InChI=1S/C21H23ClFN3O2/c1-25(2)19(14-5-3-6-16(23)11-14)13-24-21(28)17-9-8-15(22)12-18(17)26-10-4-7-20(26)27/h3,5-6,8-9,11-12,19H,4,7,10,13H2,1-2H3,(H,24,28). The molecule has 7 heteroatoms. The summed E-state index contributed by atoms with van der Waals surface area (Å²) in [4.78, 5) is 28.5. The Morgan fingerprint density at radius 3 is 2.71 bits per heavy atom. The SMILES string of the molecule is CN(C)C(CNC(=O)c1ccc(Cl)cc1N1CCCC1=O)c1cccc(F)c1. The maximum Gasteiger partial charge on any atom is 0.253 e. The number of carbonyl (C=O) groups is 2. The molecule has 0 spiro atoms. The Bertz CT molecular complexity index is 888. The summed E-state index contributed by atoms with van der Waals surface area (Å²) in [6.45, 7) is 0.869. The number of benzene rings is 2. The van der Waals surface area contributed by atoms with Gasteiger partial charge in [0.05, 0.1) is 17.3 Å².